The van der Waals surface area contributed by atoms with Crippen molar-refractivity contribution >= 4 is 5.91 Å². The van der Waals surface area contributed by atoms with Crippen molar-refractivity contribution in [1.82, 2.24) is 4.90 Å². The maximum absolute atomic E-state index is 11.9. The van der Waals surface area contributed by atoms with Gasteiger partial charge >= 0.3 is 0 Å². The highest BCUT2D eigenvalue weighted by molar-refractivity contribution is 5.81. The largest absolute Gasteiger partial charge is 0.375 e. The summed E-state index contributed by atoms with van der Waals surface area (Å²) in [4.78, 5) is 13.6. The highest BCUT2D eigenvalue weighted by Gasteiger charge is 2.40. The van der Waals surface area contributed by atoms with Gasteiger partial charge in [0.1, 0.15) is 0 Å². The van der Waals surface area contributed by atoms with Crippen molar-refractivity contribution in [1.29, 1.82) is 0 Å². The molecular weight excluding hydrogens is 226 g/mol. The molecule has 0 spiro atoms. The highest BCUT2D eigenvalue weighted by atomic mass is 16.5. The Morgan fingerprint density at radius 3 is 2.67 bits per heavy atom. The normalized spacial score (nSPS) is 21.7. The molecular formula is C15H21NO2. The molecule has 2 atom stereocenters. The maximum Gasteiger partial charge on any atom is 0.225 e. The van der Waals surface area contributed by atoms with Crippen molar-refractivity contribution in [3.8, 4) is 0 Å². The molecule has 0 unspecified atom stereocenters. The molecule has 0 N–H and O–H groups in total. The second kappa shape index (κ2) is 6.01. The van der Waals surface area contributed by atoms with Crippen molar-refractivity contribution < 1.29 is 9.53 Å². The number of hydrogen-bond donors (Lipinski definition) is 0. The van der Waals surface area contributed by atoms with Gasteiger partial charge in [-0.25, -0.2) is 0 Å². The summed E-state index contributed by atoms with van der Waals surface area (Å²) in [6, 6.07) is 10.1. The number of ether oxygens (including phenoxy) is 1. The molecule has 0 aromatic heterocycles. The third-order valence-corrected chi connectivity index (χ3v) is 3.49. The molecule has 0 bridgehead atoms. The first-order chi connectivity index (χ1) is 8.68. The van der Waals surface area contributed by atoms with Gasteiger partial charge < -0.3 is 9.64 Å². The van der Waals surface area contributed by atoms with Gasteiger partial charge in [-0.1, -0.05) is 37.3 Å². The predicted molar refractivity (Wildman–Crippen MR) is 71.0 cm³/mol. The maximum atomic E-state index is 11.9. The van der Waals surface area contributed by atoms with E-state index >= 15 is 0 Å². The third kappa shape index (κ3) is 3.57. The number of rotatable bonds is 6. The molecule has 1 amide bonds. The average molecular weight is 247 g/mol. The van der Waals surface area contributed by atoms with Gasteiger partial charge in [-0.2, -0.15) is 0 Å². The molecule has 3 nitrogen and oxygen atoms in total. The van der Waals surface area contributed by atoms with Gasteiger partial charge in [0.05, 0.1) is 13.2 Å². The van der Waals surface area contributed by atoms with Crippen molar-refractivity contribution in [2.75, 3.05) is 20.2 Å². The van der Waals surface area contributed by atoms with Crippen LogP contribution in [0.2, 0.25) is 0 Å². The van der Waals surface area contributed by atoms with Crippen molar-refractivity contribution in [2.24, 2.45) is 11.8 Å². The molecule has 0 saturated heterocycles. The molecule has 1 fully saturated rings. The molecule has 1 aromatic carbocycles. The van der Waals surface area contributed by atoms with E-state index < -0.39 is 0 Å². The van der Waals surface area contributed by atoms with Gasteiger partial charge in [0.15, 0.2) is 0 Å². The summed E-state index contributed by atoms with van der Waals surface area (Å²) >= 11 is 0. The van der Waals surface area contributed by atoms with Crippen molar-refractivity contribution in [3.63, 3.8) is 0 Å². The van der Waals surface area contributed by atoms with Crippen LogP contribution < -0.4 is 0 Å². The lowest BCUT2D eigenvalue weighted by Crippen LogP contribution is -2.31. The highest BCUT2D eigenvalue weighted by Crippen LogP contribution is 2.38. The summed E-state index contributed by atoms with van der Waals surface area (Å²) in [5, 5.41) is 0. The van der Waals surface area contributed by atoms with E-state index in [1.165, 1.54) is 5.56 Å². The average Bonchev–Trinajstić information content (AvgIpc) is 3.12. The van der Waals surface area contributed by atoms with Crippen LogP contribution in [0.3, 0.4) is 0 Å². The molecule has 1 saturated carbocycles. The number of nitrogens with zero attached hydrogens (tertiary/aromatic N) is 1. The summed E-state index contributed by atoms with van der Waals surface area (Å²) in [6.07, 6.45) is 1.05. The molecule has 0 aliphatic heterocycles. The lowest BCUT2D eigenvalue weighted by Gasteiger charge is -2.17. The Kier molecular flexibility index (Phi) is 4.37. The number of benzene rings is 1. The smallest absolute Gasteiger partial charge is 0.225 e. The second-order valence-corrected chi connectivity index (χ2v) is 5.12. The fourth-order valence-electron chi connectivity index (χ4n) is 2.03. The van der Waals surface area contributed by atoms with Crippen LogP contribution in [0.5, 0.6) is 0 Å². The van der Waals surface area contributed by atoms with Crippen LogP contribution in [0.1, 0.15) is 18.9 Å². The van der Waals surface area contributed by atoms with E-state index in [9.17, 15) is 4.79 Å². The number of carbonyl (C=O) groups excluding carboxylic acids is 1. The van der Waals surface area contributed by atoms with Crippen LogP contribution >= 0.6 is 0 Å². The summed E-state index contributed by atoms with van der Waals surface area (Å²) in [5.41, 5.74) is 1.17. The van der Waals surface area contributed by atoms with Crippen molar-refractivity contribution in [3.05, 3.63) is 35.9 Å². The SMILES string of the molecule is C[C@H]1C[C@@H]1C(=O)N(C)CCOCc1ccccc1. The molecule has 2 rings (SSSR count). The second-order valence-electron chi connectivity index (χ2n) is 5.12. The quantitative estimate of drug-likeness (QED) is 0.722. The minimum atomic E-state index is 0.268. The fourth-order valence-corrected chi connectivity index (χ4v) is 2.03. The molecule has 0 radical (unpaired) electrons. The minimum absolute atomic E-state index is 0.268. The van der Waals surface area contributed by atoms with Crippen molar-refractivity contribution in [2.45, 2.75) is 20.0 Å². The number of likely N-dealkylation sites (N-methyl/N-ethyl adjacent to an activating group) is 1. The van der Waals surface area contributed by atoms with E-state index in [0.29, 0.717) is 25.7 Å². The molecule has 1 aliphatic rings. The zero-order valence-electron chi connectivity index (χ0n) is 11.1. The first-order valence-corrected chi connectivity index (χ1v) is 6.55. The molecule has 98 valence electrons. The molecule has 0 heterocycles. The van der Waals surface area contributed by atoms with Gasteiger partial charge in [-0.15, -0.1) is 0 Å². The zero-order valence-corrected chi connectivity index (χ0v) is 11.1. The van der Waals surface area contributed by atoms with E-state index in [1.807, 2.05) is 37.4 Å². The Morgan fingerprint density at radius 2 is 2.06 bits per heavy atom. The minimum Gasteiger partial charge on any atom is -0.375 e. The summed E-state index contributed by atoms with van der Waals surface area (Å²) in [5.74, 6) is 1.11. The van der Waals surface area contributed by atoms with E-state index in [0.717, 1.165) is 6.42 Å². The Balaban J connectivity index is 1.62. The number of amides is 1. The predicted octanol–water partition coefficient (Wildman–Crippen LogP) is 2.32. The van der Waals surface area contributed by atoms with E-state index in [4.69, 9.17) is 4.74 Å². The van der Waals surface area contributed by atoms with Gasteiger partial charge in [0.2, 0.25) is 5.91 Å². The Bertz CT molecular complexity index is 391. The van der Waals surface area contributed by atoms with Crippen LogP contribution in [0.4, 0.5) is 0 Å². The standard InChI is InChI=1S/C15H21NO2/c1-12-10-14(12)15(17)16(2)8-9-18-11-13-6-4-3-5-7-13/h3-7,12,14H,8-11H2,1-2H3/t12-,14-/m0/s1. The fraction of sp³-hybridized carbons (Fsp3) is 0.533. The summed E-state index contributed by atoms with van der Waals surface area (Å²) in [7, 11) is 1.86. The van der Waals surface area contributed by atoms with Gasteiger partial charge in [0.25, 0.3) is 0 Å². The Labute approximate surface area is 109 Å². The van der Waals surface area contributed by atoms with Crippen LogP contribution in [0, 0.1) is 11.8 Å². The first-order valence-electron chi connectivity index (χ1n) is 6.55. The third-order valence-electron chi connectivity index (χ3n) is 3.49. The van der Waals surface area contributed by atoms with Crippen LogP contribution in [0.25, 0.3) is 0 Å². The van der Waals surface area contributed by atoms with Crippen LogP contribution in [0.15, 0.2) is 30.3 Å². The van der Waals surface area contributed by atoms with Crippen LogP contribution in [-0.2, 0) is 16.1 Å². The topological polar surface area (TPSA) is 29.5 Å². The Hall–Kier alpha value is -1.35. The number of carbonyl (C=O) groups is 1. The lowest BCUT2D eigenvalue weighted by molar-refractivity contribution is -0.132. The molecule has 1 aromatic rings. The number of hydrogen-bond acceptors (Lipinski definition) is 2. The zero-order chi connectivity index (χ0) is 13.0. The van der Waals surface area contributed by atoms with Crippen LogP contribution in [-0.4, -0.2) is 31.0 Å². The van der Waals surface area contributed by atoms with Gasteiger partial charge in [-0.3, -0.25) is 4.79 Å². The summed E-state index contributed by atoms with van der Waals surface area (Å²) in [6.45, 7) is 4.01. The van der Waals surface area contributed by atoms with E-state index in [2.05, 4.69) is 6.92 Å². The Morgan fingerprint density at radius 1 is 1.39 bits per heavy atom. The summed E-state index contributed by atoms with van der Waals surface area (Å²) < 4.78 is 5.57. The van der Waals surface area contributed by atoms with Gasteiger partial charge in [-0.05, 0) is 17.9 Å². The molecule has 18 heavy (non-hydrogen) atoms. The molecule has 3 heteroatoms. The first kappa shape index (κ1) is 13.1. The van der Waals surface area contributed by atoms with E-state index in [1.54, 1.807) is 4.90 Å². The monoisotopic (exact) mass is 247 g/mol. The van der Waals surface area contributed by atoms with E-state index in [-0.39, 0.29) is 11.8 Å². The van der Waals surface area contributed by atoms with Gasteiger partial charge in [0, 0.05) is 19.5 Å². The molecule has 1 aliphatic carbocycles. The lowest BCUT2D eigenvalue weighted by atomic mass is 10.2.